The van der Waals surface area contributed by atoms with Gasteiger partial charge in [-0.25, -0.2) is 0 Å². The molecule has 1 aromatic carbocycles. The van der Waals surface area contributed by atoms with E-state index in [0.29, 0.717) is 6.54 Å². The second-order valence-corrected chi connectivity index (χ2v) is 6.87. The summed E-state index contributed by atoms with van der Waals surface area (Å²) < 4.78 is 5.52. The van der Waals surface area contributed by atoms with Crippen LogP contribution in [0, 0.1) is 5.92 Å². The van der Waals surface area contributed by atoms with E-state index in [9.17, 15) is 4.79 Å². The second kappa shape index (κ2) is 7.90. The van der Waals surface area contributed by atoms with Crippen molar-refractivity contribution in [1.82, 2.24) is 10.2 Å². The van der Waals surface area contributed by atoms with Crippen molar-refractivity contribution in [3.63, 3.8) is 0 Å². The maximum atomic E-state index is 12.3. The number of rotatable bonds is 6. The van der Waals surface area contributed by atoms with Crippen LogP contribution in [0.4, 0.5) is 0 Å². The highest BCUT2D eigenvalue weighted by Gasteiger charge is 2.30. The summed E-state index contributed by atoms with van der Waals surface area (Å²) in [4.78, 5) is 14.7. The van der Waals surface area contributed by atoms with E-state index in [-0.39, 0.29) is 23.4 Å². The van der Waals surface area contributed by atoms with E-state index in [0.717, 1.165) is 31.9 Å². The smallest absolute Gasteiger partial charge is 0.224 e. The summed E-state index contributed by atoms with van der Waals surface area (Å²) >= 11 is 0. The summed E-state index contributed by atoms with van der Waals surface area (Å²) in [5.41, 5.74) is 7.22. The second-order valence-electron chi connectivity index (χ2n) is 6.87. The van der Waals surface area contributed by atoms with E-state index >= 15 is 0 Å². The van der Waals surface area contributed by atoms with Gasteiger partial charge in [0.2, 0.25) is 5.91 Å². The van der Waals surface area contributed by atoms with Gasteiger partial charge in [-0.1, -0.05) is 37.3 Å². The van der Waals surface area contributed by atoms with E-state index in [1.54, 1.807) is 0 Å². The number of morpholine rings is 1. The Balaban J connectivity index is 1.80. The standard InChI is InChI=1S/C18H29N3O2/c1-14(16(19)15-7-5-4-6-8-15)17(22)20-9-10-21-11-12-23-13-18(21,2)3/h4-8,14,16H,9-13,19H2,1-3H3,(H,20,22). The molecule has 23 heavy (non-hydrogen) atoms. The van der Waals surface area contributed by atoms with Crippen LogP contribution in [0.15, 0.2) is 30.3 Å². The lowest BCUT2D eigenvalue weighted by atomic mass is 9.94. The van der Waals surface area contributed by atoms with Crippen LogP contribution in [0.5, 0.6) is 0 Å². The molecule has 5 nitrogen and oxygen atoms in total. The third-order valence-electron chi connectivity index (χ3n) is 4.63. The number of ether oxygens (including phenoxy) is 1. The maximum absolute atomic E-state index is 12.3. The molecule has 1 aliphatic heterocycles. The molecule has 0 saturated carbocycles. The Morgan fingerprint density at radius 3 is 2.74 bits per heavy atom. The number of hydrogen-bond donors (Lipinski definition) is 2. The lowest BCUT2D eigenvalue weighted by Gasteiger charge is -2.42. The highest BCUT2D eigenvalue weighted by atomic mass is 16.5. The molecule has 2 rings (SSSR count). The minimum Gasteiger partial charge on any atom is -0.378 e. The van der Waals surface area contributed by atoms with Gasteiger partial charge in [0.05, 0.1) is 19.1 Å². The molecule has 1 amide bonds. The van der Waals surface area contributed by atoms with Crippen molar-refractivity contribution < 1.29 is 9.53 Å². The summed E-state index contributed by atoms with van der Waals surface area (Å²) in [5.74, 6) is -0.248. The van der Waals surface area contributed by atoms with Crippen molar-refractivity contribution in [2.75, 3.05) is 32.8 Å². The molecule has 0 radical (unpaired) electrons. The minimum absolute atomic E-state index is 0.00687. The molecule has 2 unspecified atom stereocenters. The SMILES string of the molecule is CC(C(=O)NCCN1CCOCC1(C)C)C(N)c1ccccc1. The van der Waals surface area contributed by atoms with Gasteiger partial charge in [0.1, 0.15) is 0 Å². The zero-order valence-electron chi connectivity index (χ0n) is 14.4. The zero-order valence-corrected chi connectivity index (χ0v) is 14.4. The fourth-order valence-corrected chi connectivity index (χ4v) is 2.91. The molecular formula is C18H29N3O2. The third kappa shape index (κ3) is 4.77. The quantitative estimate of drug-likeness (QED) is 0.835. The molecule has 1 saturated heterocycles. The number of hydrogen-bond acceptors (Lipinski definition) is 4. The van der Waals surface area contributed by atoms with E-state index in [1.165, 1.54) is 0 Å². The Bertz CT molecular complexity index is 504. The Morgan fingerprint density at radius 2 is 2.09 bits per heavy atom. The summed E-state index contributed by atoms with van der Waals surface area (Å²) in [6.07, 6.45) is 0. The van der Waals surface area contributed by atoms with Gasteiger partial charge in [0.15, 0.2) is 0 Å². The molecule has 1 fully saturated rings. The van der Waals surface area contributed by atoms with Gasteiger partial charge in [0.25, 0.3) is 0 Å². The molecule has 5 heteroatoms. The number of carbonyl (C=O) groups excluding carboxylic acids is 1. The van der Waals surface area contributed by atoms with Crippen LogP contribution < -0.4 is 11.1 Å². The molecule has 3 N–H and O–H groups in total. The first-order valence-corrected chi connectivity index (χ1v) is 8.33. The Labute approximate surface area is 139 Å². The topological polar surface area (TPSA) is 67.6 Å². The molecule has 1 aromatic rings. The maximum Gasteiger partial charge on any atom is 0.224 e. The number of amides is 1. The molecule has 1 heterocycles. The largest absolute Gasteiger partial charge is 0.378 e. The summed E-state index contributed by atoms with van der Waals surface area (Å²) in [7, 11) is 0. The zero-order chi connectivity index (χ0) is 16.9. The third-order valence-corrected chi connectivity index (χ3v) is 4.63. The van der Waals surface area contributed by atoms with Crippen LogP contribution in [0.1, 0.15) is 32.4 Å². The molecule has 0 bridgehead atoms. The number of carbonyl (C=O) groups is 1. The van der Waals surface area contributed by atoms with E-state index in [1.807, 2.05) is 37.3 Å². The Hall–Kier alpha value is -1.43. The Kier molecular flexibility index (Phi) is 6.16. The lowest BCUT2D eigenvalue weighted by Crippen LogP contribution is -2.55. The lowest BCUT2D eigenvalue weighted by molar-refractivity contribution is -0.125. The normalized spacial score (nSPS) is 20.7. The summed E-state index contributed by atoms with van der Waals surface area (Å²) in [6.45, 7) is 10.1. The van der Waals surface area contributed by atoms with Crippen LogP contribution in [0.3, 0.4) is 0 Å². The van der Waals surface area contributed by atoms with Gasteiger partial charge in [-0.3, -0.25) is 9.69 Å². The molecule has 0 aliphatic carbocycles. The number of nitrogens with two attached hydrogens (primary N) is 1. The van der Waals surface area contributed by atoms with Crippen molar-refractivity contribution in [2.45, 2.75) is 32.4 Å². The fourth-order valence-electron chi connectivity index (χ4n) is 2.91. The van der Waals surface area contributed by atoms with Crippen molar-refractivity contribution in [2.24, 2.45) is 11.7 Å². The van der Waals surface area contributed by atoms with Crippen LogP contribution in [-0.4, -0.2) is 49.2 Å². The summed E-state index contributed by atoms with van der Waals surface area (Å²) in [6, 6.07) is 9.48. The highest BCUT2D eigenvalue weighted by molar-refractivity contribution is 5.79. The molecule has 128 valence electrons. The van der Waals surface area contributed by atoms with Gasteiger partial charge in [-0.05, 0) is 19.4 Å². The van der Waals surface area contributed by atoms with E-state index in [2.05, 4.69) is 24.1 Å². The van der Waals surface area contributed by atoms with Gasteiger partial charge < -0.3 is 15.8 Å². The van der Waals surface area contributed by atoms with E-state index in [4.69, 9.17) is 10.5 Å². The molecule has 0 aromatic heterocycles. The monoisotopic (exact) mass is 319 g/mol. The average molecular weight is 319 g/mol. The predicted molar refractivity (Wildman–Crippen MR) is 92.0 cm³/mol. The number of nitrogens with one attached hydrogen (secondary N) is 1. The molecule has 0 spiro atoms. The van der Waals surface area contributed by atoms with Gasteiger partial charge in [-0.2, -0.15) is 0 Å². The number of nitrogens with zero attached hydrogens (tertiary/aromatic N) is 1. The number of benzene rings is 1. The Morgan fingerprint density at radius 1 is 1.39 bits per heavy atom. The van der Waals surface area contributed by atoms with Gasteiger partial charge >= 0.3 is 0 Å². The van der Waals surface area contributed by atoms with Crippen molar-refractivity contribution >= 4 is 5.91 Å². The van der Waals surface area contributed by atoms with Crippen molar-refractivity contribution in [3.8, 4) is 0 Å². The van der Waals surface area contributed by atoms with Gasteiger partial charge in [0, 0.05) is 31.2 Å². The molecule has 1 aliphatic rings. The van der Waals surface area contributed by atoms with Gasteiger partial charge in [-0.15, -0.1) is 0 Å². The van der Waals surface area contributed by atoms with Crippen LogP contribution in [0.25, 0.3) is 0 Å². The minimum atomic E-state index is -0.281. The van der Waals surface area contributed by atoms with Crippen LogP contribution in [0.2, 0.25) is 0 Å². The molecule has 2 atom stereocenters. The van der Waals surface area contributed by atoms with E-state index < -0.39 is 0 Å². The van der Waals surface area contributed by atoms with Crippen molar-refractivity contribution in [3.05, 3.63) is 35.9 Å². The van der Waals surface area contributed by atoms with Crippen molar-refractivity contribution in [1.29, 1.82) is 0 Å². The summed E-state index contributed by atoms with van der Waals surface area (Å²) in [5, 5.41) is 3.02. The fraction of sp³-hybridized carbons (Fsp3) is 0.611. The average Bonchev–Trinajstić information content (AvgIpc) is 2.55. The first-order valence-electron chi connectivity index (χ1n) is 8.33. The highest BCUT2D eigenvalue weighted by Crippen LogP contribution is 2.20. The first-order chi connectivity index (χ1) is 10.9. The van der Waals surface area contributed by atoms with Crippen LogP contribution >= 0.6 is 0 Å². The molecular weight excluding hydrogens is 290 g/mol. The predicted octanol–water partition coefficient (Wildman–Crippen LogP) is 1.55. The first kappa shape index (κ1) is 17.9. The van der Waals surface area contributed by atoms with Crippen LogP contribution in [-0.2, 0) is 9.53 Å².